The second-order valence-corrected chi connectivity index (χ2v) is 3.53. The quantitative estimate of drug-likeness (QED) is 0.495. The van der Waals surface area contributed by atoms with Gasteiger partial charge >= 0.3 is 0 Å². The van der Waals surface area contributed by atoms with Gasteiger partial charge in [-0.05, 0) is 24.3 Å². The van der Waals surface area contributed by atoms with Gasteiger partial charge in [-0.15, -0.1) is 0 Å². The number of fused-ring (bicyclic) bond motifs is 1. The Labute approximate surface area is 131 Å². The van der Waals surface area contributed by atoms with Crippen LogP contribution in [0.1, 0.15) is 27.7 Å². The van der Waals surface area contributed by atoms with Gasteiger partial charge in [0, 0.05) is 41.6 Å². The third-order valence-electron chi connectivity index (χ3n) is 2.31. The van der Waals surface area contributed by atoms with E-state index in [1.807, 2.05) is 52.0 Å². The lowest BCUT2D eigenvalue weighted by molar-refractivity contribution is -0.384. The van der Waals surface area contributed by atoms with Crippen molar-refractivity contribution in [3.05, 3.63) is 71.2 Å². The SMILES string of the molecule is CC.CC.O=[N+]([O-])c1ccc2[nH]ccc2c1.c1ccncc1. The molecule has 0 aliphatic carbocycles. The Morgan fingerprint density at radius 1 is 1.00 bits per heavy atom. The molecule has 3 rings (SSSR count). The van der Waals surface area contributed by atoms with Crippen molar-refractivity contribution >= 4 is 16.6 Å². The number of benzene rings is 1. The van der Waals surface area contributed by atoms with E-state index in [0.717, 1.165) is 10.9 Å². The molecule has 0 radical (unpaired) electrons. The molecule has 0 saturated carbocycles. The summed E-state index contributed by atoms with van der Waals surface area (Å²) in [6.45, 7) is 8.00. The second kappa shape index (κ2) is 12.1. The van der Waals surface area contributed by atoms with Gasteiger partial charge in [0.2, 0.25) is 0 Å². The van der Waals surface area contributed by atoms with E-state index in [-0.39, 0.29) is 5.69 Å². The molecular formula is C17H23N3O2. The minimum atomic E-state index is -0.396. The van der Waals surface area contributed by atoms with Crippen LogP contribution in [0.25, 0.3) is 10.9 Å². The number of nitrogens with one attached hydrogen (secondary N) is 1. The second-order valence-electron chi connectivity index (χ2n) is 3.53. The highest BCUT2D eigenvalue weighted by molar-refractivity contribution is 5.81. The smallest absolute Gasteiger partial charge is 0.270 e. The van der Waals surface area contributed by atoms with Gasteiger partial charge in [-0.3, -0.25) is 15.1 Å². The zero-order valence-corrected chi connectivity index (χ0v) is 13.5. The molecule has 0 bridgehead atoms. The number of non-ortho nitro benzene ring substituents is 1. The van der Waals surface area contributed by atoms with Gasteiger partial charge in [0.1, 0.15) is 0 Å². The summed E-state index contributed by atoms with van der Waals surface area (Å²) in [7, 11) is 0. The molecule has 2 heterocycles. The van der Waals surface area contributed by atoms with Crippen LogP contribution < -0.4 is 0 Å². The van der Waals surface area contributed by atoms with Crippen molar-refractivity contribution in [3.63, 3.8) is 0 Å². The number of hydrogen-bond acceptors (Lipinski definition) is 3. The Morgan fingerprint density at radius 3 is 2.09 bits per heavy atom. The molecule has 5 heteroatoms. The molecular weight excluding hydrogens is 278 g/mol. The molecule has 0 aliphatic heterocycles. The van der Waals surface area contributed by atoms with Gasteiger partial charge in [0.15, 0.2) is 0 Å². The highest BCUT2D eigenvalue weighted by atomic mass is 16.6. The van der Waals surface area contributed by atoms with Gasteiger partial charge in [-0.1, -0.05) is 33.8 Å². The van der Waals surface area contributed by atoms with Crippen LogP contribution in [-0.4, -0.2) is 14.9 Å². The third kappa shape index (κ3) is 6.65. The number of rotatable bonds is 1. The van der Waals surface area contributed by atoms with Crippen molar-refractivity contribution in [3.8, 4) is 0 Å². The molecule has 118 valence electrons. The zero-order valence-electron chi connectivity index (χ0n) is 13.5. The number of pyridine rings is 1. The molecule has 1 N–H and O–H groups in total. The van der Waals surface area contributed by atoms with Crippen LogP contribution in [0.4, 0.5) is 5.69 Å². The summed E-state index contributed by atoms with van der Waals surface area (Å²) >= 11 is 0. The van der Waals surface area contributed by atoms with Gasteiger partial charge in [-0.2, -0.15) is 0 Å². The van der Waals surface area contributed by atoms with Gasteiger partial charge in [0.05, 0.1) is 4.92 Å². The highest BCUT2D eigenvalue weighted by Crippen LogP contribution is 2.18. The van der Waals surface area contributed by atoms with Crippen molar-refractivity contribution in [2.75, 3.05) is 0 Å². The number of hydrogen-bond donors (Lipinski definition) is 1. The molecule has 3 aromatic rings. The fourth-order valence-electron chi connectivity index (χ4n) is 1.47. The molecule has 5 nitrogen and oxygen atoms in total. The Kier molecular flexibility index (Phi) is 10.6. The predicted molar refractivity (Wildman–Crippen MR) is 91.9 cm³/mol. The van der Waals surface area contributed by atoms with Crippen LogP contribution in [0.2, 0.25) is 0 Å². The molecule has 0 atom stereocenters. The Morgan fingerprint density at radius 2 is 1.64 bits per heavy atom. The molecule has 2 aromatic heterocycles. The van der Waals surface area contributed by atoms with Crippen LogP contribution in [0, 0.1) is 10.1 Å². The lowest BCUT2D eigenvalue weighted by atomic mass is 10.2. The van der Waals surface area contributed by atoms with E-state index in [2.05, 4.69) is 9.97 Å². The summed E-state index contributed by atoms with van der Waals surface area (Å²) in [5.41, 5.74) is 1.04. The first kappa shape index (κ1) is 19.3. The number of nitrogens with zero attached hydrogens (tertiary/aromatic N) is 2. The molecule has 0 unspecified atom stereocenters. The van der Waals surface area contributed by atoms with Crippen LogP contribution in [0.15, 0.2) is 61.1 Å². The van der Waals surface area contributed by atoms with Crippen molar-refractivity contribution in [1.29, 1.82) is 0 Å². The maximum atomic E-state index is 10.4. The fraction of sp³-hybridized carbons (Fsp3) is 0.235. The summed E-state index contributed by atoms with van der Waals surface area (Å²) < 4.78 is 0. The summed E-state index contributed by atoms with van der Waals surface area (Å²) in [5, 5.41) is 11.2. The Balaban J connectivity index is 0.000000373. The van der Waals surface area contributed by atoms with E-state index in [9.17, 15) is 10.1 Å². The van der Waals surface area contributed by atoms with Crippen molar-refractivity contribution in [2.24, 2.45) is 0 Å². The first-order chi connectivity index (χ1) is 10.8. The van der Waals surface area contributed by atoms with Crippen LogP contribution in [-0.2, 0) is 0 Å². The molecule has 1 aromatic carbocycles. The lowest BCUT2D eigenvalue weighted by Gasteiger charge is -1.90. The molecule has 0 spiro atoms. The van der Waals surface area contributed by atoms with E-state index >= 15 is 0 Å². The number of nitro groups is 1. The summed E-state index contributed by atoms with van der Waals surface area (Å²) in [4.78, 5) is 16.7. The molecule has 22 heavy (non-hydrogen) atoms. The summed E-state index contributed by atoms with van der Waals surface area (Å²) in [6, 6.07) is 12.3. The average molecular weight is 301 g/mol. The standard InChI is InChI=1S/C8H6N2O2.C5H5N.2C2H6/c11-10(12)7-1-2-8-6(5-7)3-4-9-8;1-2-4-6-5-3-1;2*1-2/h1-5,9H;1-5H;2*1-2H3. The van der Waals surface area contributed by atoms with Gasteiger partial charge < -0.3 is 4.98 Å². The largest absolute Gasteiger partial charge is 0.361 e. The van der Waals surface area contributed by atoms with Crippen molar-refractivity contribution < 1.29 is 4.92 Å². The lowest BCUT2D eigenvalue weighted by Crippen LogP contribution is -1.86. The first-order valence-corrected chi connectivity index (χ1v) is 7.34. The number of H-pyrrole nitrogens is 1. The number of aromatic amines is 1. The van der Waals surface area contributed by atoms with Gasteiger partial charge in [-0.25, -0.2) is 0 Å². The van der Waals surface area contributed by atoms with Crippen molar-refractivity contribution in [2.45, 2.75) is 27.7 Å². The predicted octanol–water partition coefficient (Wildman–Crippen LogP) is 5.21. The number of aromatic nitrogens is 2. The molecule has 0 amide bonds. The van der Waals surface area contributed by atoms with E-state index in [1.54, 1.807) is 30.7 Å². The zero-order chi connectivity index (χ0) is 16.8. The van der Waals surface area contributed by atoms with Crippen molar-refractivity contribution in [1.82, 2.24) is 9.97 Å². The van der Waals surface area contributed by atoms with Crippen LogP contribution in [0.3, 0.4) is 0 Å². The highest BCUT2D eigenvalue weighted by Gasteiger charge is 2.05. The fourth-order valence-corrected chi connectivity index (χ4v) is 1.47. The maximum absolute atomic E-state index is 10.4. The molecule has 0 saturated heterocycles. The first-order valence-electron chi connectivity index (χ1n) is 7.34. The normalized spacial score (nSPS) is 8.36. The van der Waals surface area contributed by atoms with E-state index in [0.29, 0.717) is 0 Å². The number of nitro benzene ring substituents is 1. The van der Waals surface area contributed by atoms with Crippen LogP contribution >= 0.6 is 0 Å². The van der Waals surface area contributed by atoms with E-state index < -0.39 is 4.92 Å². The van der Waals surface area contributed by atoms with E-state index in [1.165, 1.54) is 6.07 Å². The van der Waals surface area contributed by atoms with Gasteiger partial charge in [0.25, 0.3) is 5.69 Å². The average Bonchev–Trinajstić information content (AvgIpc) is 3.08. The minimum Gasteiger partial charge on any atom is -0.361 e. The minimum absolute atomic E-state index is 0.127. The maximum Gasteiger partial charge on any atom is 0.270 e. The van der Waals surface area contributed by atoms with Crippen LogP contribution in [0.5, 0.6) is 0 Å². The summed E-state index contributed by atoms with van der Waals surface area (Å²) in [6.07, 6.45) is 5.26. The summed E-state index contributed by atoms with van der Waals surface area (Å²) in [5.74, 6) is 0. The molecule has 0 aliphatic rings. The molecule has 0 fully saturated rings. The third-order valence-corrected chi connectivity index (χ3v) is 2.31. The Hall–Kier alpha value is -2.69. The Bertz CT molecular complexity index is 610. The van der Waals surface area contributed by atoms with E-state index in [4.69, 9.17) is 0 Å². The topological polar surface area (TPSA) is 71.8 Å². The monoisotopic (exact) mass is 301 g/mol.